The Hall–Kier alpha value is -1.62. The van der Waals surface area contributed by atoms with E-state index in [4.69, 9.17) is 9.53 Å². The molecule has 1 aromatic rings. The first-order chi connectivity index (χ1) is 8.78. The highest BCUT2D eigenvalue weighted by Gasteiger charge is 2.18. The van der Waals surface area contributed by atoms with Crippen LogP contribution in [0.4, 0.5) is 4.39 Å². The number of hydrogen-bond donors (Lipinski definition) is 1. The lowest BCUT2D eigenvalue weighted by Crippen LogP contribution is -2.24. The van der Waals surface area contributed by atoms with E-state index in [1.807, 2.05) is 19.6 Å². The van der Waals surface area contributed by atoms with E-state index in [1.54, 1.807) is 18.2 Å². The molecule has 0 fully saturated rings. The number of benzene rings is 1. The van der Waals surface area contributed by atoms with Gasteiger partial charge in [-0.25, -0.2) is 4.39 Å². The van der Waals surface area contributed by atoms with Gasteiger partial charge in [-0.1, -0.05) is 0 Å². The van der Waals surface area contributed by atoms with Crippen LogP contribution in [-0.4, -0.2) is 19.4 Å². The van der Waals surface area contributed by atoms with Gasteiger partial charge < -0.3 is 9.53 Å². The van der Waals surface area contributed by atoms with Crippen molar-refractivity contribution < 1.29 is 18.7 Å². The minimum absolute atomic E-state index is 0.0553. The van der Waals surface area contributed by atoms with E-state index in [0.29, 0.717) is 12.2 Å². The third-order valence-corrected chi connectivity index (χ3v) is 3.07. The summed E-state index contributed by atoms with van der Waals surface area (Å²) in [7, 11) is -1.80. The van der Waals surface area contributed by atoms with Gasteiger partial charge in [-0.3, -0.25) is 4.79 Å². The molecule has 1 aromatic carbocycles. The van der Waals surface area contributed by atoms with Gasteiger partial charge in [0.2, 0.25) is 8.32 Å². The van der Waals surface area contributed by atoms with E-state index in [0.717, 1.165) is 5.56 Å². The molecule has 0 spiro atoms. The van der Waals surface area contributed by atoms with Gasteiger partial charge in [0.1, 0.15) is 11.6 Å². The van der Waals surface area contributed by atoms with Crippen LogP contribution >= 0.6 is 0 Å². The lowest BCUT2D eigenvalue weighted by atomic mass is 10.1. The summed E-state index contributed by atoms with van der Waals surface area (Å²) >= 11 is 0. The van der Waals surface area contributed by atoms with Crippen molar-refractivity contribution in [2.75, 3.05) is 0 Å². The van der Waals surface area contributed by atoms with Crippen molar-refractivity contribution in [3.8, 4) is 0 Å². The number of allylic oxidation sites excluding steroid dienone is 1. The molecule has 0 radical (unpaired) electrons. The molecule has 3 nitrogen and oxygen atoms in total. The average molecular weight is 282 g/mol. The summed E-state index contributed by atoms with van der Waals surface area (Å²) in [5.41, 5.74) is 0.772. The van der Waals surface area contributed by atoms with Gasteiger partial charge in [0, 0.05) is 12.0 Å². The Morgan fingerprint density at radius 2 is 1.89 bits per heavy atom. The third kappa shape index (κ3) is 6.19. The van der Waals surface area contributed by atoms with Crippen LogP contribution in [0.2, 0.25) is 19.6 Å². The van der Waals surface area contributed by atoms with Crippen molar-refractivity contribution in [2.24, 2.45) is 0 Å². The molecule has 5 heteroatoms. The van der Waals surface area contributed by atoms with Gasteiger partial charge in [-0.05, 0) is 56.4 Å². The van der Waals surface area contributed by atoms with E-state index < -0.39 is 14.3 Å². The molecule has 0 bridgehead atoms. The summed E-state index contributed by atoms with van der Waals surface area (Å²) in [6, 6.07) is 6.02. The fourth-order valence-corrected chi connectivity index (χ4v) is 2.35. The minimum atomic E-state index is -1.80. The maximum atomic E-state index is 12.9. The highest BCUT2D eigenvalue weighted by molar-refractivity contribution is 6.70. The summed E-state index contributed by atoms with van der Waals surface area (Å²) in [5, 5.41) is 8.65. The minimum Gasteiger partial charge on any atom is -0.544 e. The highest BCUT2D eigenvalue weighted by Crippen LogP contribution is 2.22. The summed E-state index contributed by atoms with van der Waals surface area (Å²) in [5.74, 6) is -0.509. The second kappa shape index (κ2) is 6.52. The van der Waals surface area contributed by atoms with E-state index in [9.17, 15) is 9.18 Å². The molecule has 104 valence electrons. The zero-order valence-electron chi connectivity index (χ0n) is 11.4. The smallest absolute Gasteiger partial charge is 0.303 e. The zero-order valence-corrected chi connectivity index (χ0v) is 12.4. The molecule has 0 aliphatic rings. The Bertz CT molecular complexity index is 461. The molecular weight excluding hydrogens is 263 g/mol. The number of aliphatic carboxylic acids is 1. The predicted octanol–water partition coefficient (Wildman–Crippen LogP) is 3.88. The van der Waals surface area contributed by atoms with Crippen molar-refractivity contribution >= 4 is 20.0 Å². The predicted molar refractivity (Wildman–Crippen MR) is 75.7 cm³/mol. The van der Waals surface area contributed by atoms with Crippen molar-refractivity contribution in [3.05, 3.63) is 41.7 Å². The number of carboxylic acids is 1. The largest absolute Gasteiger partial charge is 0.544 e. The van der Waals surface area contributed by atoms with Crippen LogP contribution in [0.15, 0.2) is 30.3 Å². The molecule has 1 rings (SSSR count). The van der Waals surface area contributed by atoms with Gasteiger partial charge >= 0.3 is 5.97 Å². The van der Waals surface area contributed by atoms with Crippen LogP contribution in [0.3, 0.4) is 0 Å². The standard InChI is InChI=1S/C14H19FO3Si/c1-19(2,3)18-13(5-4-6-14(16)17)11-7-9-12(15)10-8-11/h5,7-10H,4,6H2,1-3H3,(H,16,17)/b13-5+. The highest BCUT2D eigenvalue weighted by atomic mass is 28.4. The molecular formula is C14H19FO3Si. The number of halogens is 1. The fraction of sp³-hybridized carbons (Fsp3) is 0.357. The lowest BCUT2D eigenvalue weighted by Gasteiger charge is -2.22. The molecule has 1 N–H and O–H groups in total. The van der Waals surface area contributed by atoms with Crippen LogP contribution < -0.4 is 0 Å². The average Bonchev–Trinajstić information content (AvgIpc) is 2.26. The molecule has 0 saturated carbocycles. The number of hydrogen-bond acceptors (Lipinski definition) is 2. The molecule has 0 aromatic heterocycles. The van der Waals surface area contributed by atoms with Crippen LogP contribution in [0, 0.1) is 5.82 Å². The SMILES string of the molecule is C[Si](C)(C)O/C(=C/CCC(=O)O)c1ccc(F)cc1. The van der Waals surface area contributed by atoms with Crippen LogP contribution in [0.5, 0.6) is 0 Å². The Labute approximate surface area is 113 Å². The summed E-state index contributed by atoms with van der Waals surface area (Å²) in [6.07, 6.45) is 2.21. The molecule has 0 heterocycles. The quantitative estimate of drug-likeness (QED) is 0.636. The monoisotopic (exact) mass is 282 g/mol. The van der Waals surface area contributed by atoms with E-state index in [-0.39, 0.29) is 12.2 Å². The summed E-state index contributed by atoms with van der Waals surface area (Å²) < 4.78 is 18.8. The number of rotatable bonds is 6. The molecule has 0 saturated heterocycles. The first kappa shape index (κ1) is 15.4. The molecule has 0 unspecified atom stereocenters. The normalized spacial score (nSPS) is 12.3. The Kier molecular flexibility index (Phi) is 5.29. The van der Waals surface area contributed by atoms with Gasteiger partial charge in [0.25, 0.3) is 0 Å². The number of carbonyl (C=O) groups is 1. The molecule has 19 heavy (non-hydrogen) atoms. The number of carboxylic acid groups (broad SMARTS) is 1. The molecule has 0 aliphatic carbocycles. The first-order valence-electron chi connectivity index (χ1n) is 6.15. The fourth-order valence-electron chi connectivity index (χ4n) is 1.49. The van der Waals surface area contributed by atoms with Crippen LogP contribution in [0.1, 0.15) is 18.4 Å². The second-order valence-corrected chi connectivity index (χ2v) is 9.65. The van der Waals surface area contributed by atoms with Gasteiger partial charge in [-0.2, -0.15) is 0 Å². The summed E-state index contributed by atoms with van der Waals surface area (Å²) in [6.45, 7) is 6.13. The van der Waals surface area contributed by atoms with Crippen molar-refractivity contribution in [1.29, 1.82) is 0 Å². The summed E-state index contributed by atoms with van der Waals surface area (Å²) in [4.78, 5) is 10.5. The van der Waals surface area contributed by atoms with E-state index >= 15 is 0 Å². The van der Waals surface area contributed by atoms with Gasteiger partial charge in [0.05, 0.1) is 0 Å². The lowest BCUT2D eigenvalue weighted by molar-refractivity contribution is -0.136. The van der Waals surface area contributed by atoms with Crippen molar-refractivity contribution in [1.82, 2.24) is 0 Å². The van der Waals surface area contributed by atoms with Gasteiger partial charge in [0.15, 0.2) is 0 Å². The van der Waals surface area contributed by atoms with Gasteiger partial charge in [-0.15, -0.1) is 0 Å². The van der Waals surface area contributed by atoms with Crippen LogP contribution in [-0.2, 0) is 9.22 Å². The van der Waals surface area contributed by atoms with Crippen LogP contribution in [0.25, 0.3) is 5.76 Å². The third-order valence-electron chi connectivity index (χ3n) is 2.23. The molecule has 0 aliphatic heterocycles. The molecule has 0 atom stereocenters. The topological polar surface area (TPSA) is 46.5 Å². The van der Waals surface area contributed by atoms with E-state index in [2.05, 4.69) is 0 Å². The second-order valence-electron chi connectivity index (χ2n) is 5.22. The Balaban J connectivity index is 2.91. The maximum absolute atomic E-state index is 12.9. The van der Waals surface area contributed by atoms with Crippen molar-refractivity contribution in [2.45, 2.75) is 32.5 Å². The Morgan fingerprint density at radius 1 is 1.32 bits per heavy atom. The maximum Gasteiger partial charge on any atom is 0.303 e. The Morgan fingerprint density at radius 3 is 2.37 bits per heavy atom. The first-order valence-corrected chi connectivity index (χ1v) is 9.56. The molecule has 0 amide bonds. The van der Waals surface area contributed by atoms with E-state index in [1.165, 1.54) is 12.1 Å². The van der Waals surface area contributed by atoms with Crippen molar-refractivity contribution in [3.63, 3.8) is 0 Å². The zero-order chi connectivity index (χ0) is 14.5.